The van der Waals surface area contributed by atoms with Crippen molar-refractivity contribution in [2.24, 2.45) is 0 Å². The van der Waals surface area contributed by atoms with E-state index in [1.165, 1.54) is 12.1 Å². The maximum absolute atomic E-state index is 13.3. The number of carbonyl (C=O) groups excluding carboxylic acids is 1. The zero-order valence-corrected chi connectivity index (χ0v) is 9.47. The second-order valence-corrected chi connectivity index (χ2v) is 4.37. The van der Waals surface area contributed by atoms with Crippen LogP contribution in [0.2, 0.25) is 0 Å². The zero-order chi connectivity index (χ0) is 10.8. The molecular formula is C10H10BrFN2O. The van der Waals surface area contributed by atoms with Crippen LogP contribution in [0.25, 0.3) is 0 Å². The van der Waals surface area contributed by atoms with Gasteiger partial charge in [0.25, 0.3) is 5.91 Å². The Morgan fingerprint density at radius 1 is 1.53 bits per heavy atom. The summed E-state index contributed by atoms with van der Waals surface area (Å²) in [4.78, 5) is 11.6. The third-order valence-corrected chi connectivity index (χ3v) is 2.78. The Labute approximate surface area is 95.2 Å². The standard InChI is InChI=1S/C10H10BrFN2O/c11-6-1-2-9(12)8(3-6)10(15)14-7-4-13-5-7/h1-3,7,13H,4-5H2,(H,14,15). The number of hydrogen-bond donors (Lipinski definition) is 2. The highest BCUT2D eigenvalue weighted by Gasteiger charge is 2.21. The number of halogens is 2. The van der Waals surface area contributed by atoms with Crippen LogP contribution in [0.5, 0.6) is 0 Å². The molecule has 80 valence electrons. The predicted octanol–water partition coefficient (Wildman–Crippen LogP) is 1.29. The molecule has 5 heteroatoms. The molecular weight excluding hydrogens is 263 g/mol. The van der Waals surface area contributed by atoms with Gasteiger partial charge >= 0.3 is 0 Å². The highest BCUT2D eigenvalue weighted by molar-refractivity contribution is 9.10. The summed E-state index contributed by atoms with van der Waals surface area (Å²) in [6, 6.07) is 4.45. The highest BCUT2D eigenvalue weighted by atomic mass is 79.9. The molecule has 0 saturated carbocycles. The monoisotopic (exact) mass is 272 g/mol. The van der Waals surface area contributed by atoms with Crippen LogP contribution in [-0.4, -0.2) is 25.0 Å². The minimum absolute atomic E-state index is 0.0799. The number of rotatable bonds is 2. The van der Waals surface area contributed by atoms with Crippen LogP contribution in [0.1, 0.15) is 10.4 Å². The fraction of sp³-hybridized carbons (Fsp3) is 0.300. The molecule has 0 unspecified atom stereocenters. The van der Waals surface area contributed by atoms with Gasteiger partial charge in [-0.15, -0.1) is 0 Å². The Bertz CT molecular complexity index is 393. The van der Waals surface area contributed by atoms with Gasteiger partial charge in [-0.25, -0.2) is 4.39 Å². The summed E-state index contributed by atoms with van der Waals surface area (Å²) in [6.07, 6.45) is 0. The Hall–Kier alpha value is -0.940. The van der Waals surface area contributed by atoms with Gasteiger partial charge in [-0.1, -0.05) is 15.9 Å². The summed E-state index contributed by atoms with van der Waals surface area (Å²) in [7, 11) is 0. The molecule has 1 aromatic carbocycles. The van der Waals surface area contributed by atoms with Crippen LogP contribution in [-0.2, 0) is 0 Å². The molecule has 15 heavy (non-hydrogen) atoms. The lowest BCUT2D eigenvalue weighted by atomic mass is 10.1. The van der Waals surface area contributed by atoms with Crippen molar-refractivity contribution < 1.29 is 9.18 Å². The van der Waals surface area contributed by atoms with E-state index in [0.29, 0.717) is 4.47 Å². The van der Waals surface area contributed by atoms with Gasteiger partial charge in [0.15, 0.2) is 0 Å². The lowest BCUT2D eigenvalue weighted by molar-refractivity contribution is 0.0920. The Morgan fingerprint density at radius 3 is 2.87 bits per heavy atom. The van der Waals surface area contributed by atoms with E-state index in [2.05, 4.69) is 26.6 Å². The molecule has 1 heterocycles. The molecule has 0 bridgehead atoms. The summed E-state index contributed by atoms with van der Waals surface area (Å²) in [5, 5.41) is 5.76. The number of benzene rings is 1. The number of nitrogens with one attached hydrogen (secondary N) is 2. The zero-order valence-electron chi connectivity index (χ0n) is 7.89. The van der Waals surface area contributed by atoms with Crippen molar-refractivity contribution in [1.82, 2.24) is 10.6 Å². The molecule has 0 atom stereocenters. The van der Waals surface area contributed by atoms with E-state index in [0.717, 1.165) is 13.1 Å². The van der Waals surface area contributed by atoms with Gasteiger partial charge in [-0.2, -0.15) is 0 Å². The first-order valence-electron chi connectivity index (χ1n) is 4.63. The van der Waals surface area contributed by atoms with Crippen LogP contribution in [0, 0.1) is 5.82 Å². The lowest BCUT2D eigenvalue weighted by Gasteiger charge is -2.27. The maximum Gasteiger partial charge on any atom is 0.254 e. The fourth-order valence-electron chi connectivity index (χ4n) is 1.33. The quantitative estimate of drug-likeness (QED) is 0.852. The largest absolute Gasteiger partial charge is 0.347 e. The first kappa shape index (κ1) is 10.6. The topological polar surface area (TPSA) is 41.1 Å². The van der Waals surface area contributed by atoms with Crippen LogP contribution < -0.4 is 10.6 Å². The van der Waals surface area contributed by atoms with Gasteiger partial charge < -0.3 is 10.6 Å². The van der Waals surface area contributed by atoms with Crippen molar-refractivity contribution >= 4 is 21.8 Å². The molecule has 1 aliphatic heterocycles. The van der Waals surface area contributed by atoms with Crippen LogP contribution in [0.4, 0.5) is 4.39 Å². The van der Waals surface area contributed by atoms with Crippen molar-refractivity contribution in [2.75, 3.05) is 13.1 Å². The Balaban J connectivity index is 2.12. The third-order valence-electron chi connectivity index (χ3n) is 2.29. The van der Waals surface area contributed by atoms with Crippen molar-refractivity contribution in [3.63, 3.8) is 0 Å². The summed E-state index contributed by atoms with van der Waals surface area (Å²) in [5.41, 5.74) is 0.0799. The smallest absolute Gasteiger partial charge is 0.254 e. The molecule has 0 radical (unpaired) electrons. The van der Waals surface area contributed by atoms with Gasteiger partial charge in [0.05, 0.1) is 11.6 Å². The number of carbonyl (C=O) groups is 1. The van der Waals surface area contributed by atoms with E-state index in [1.54, 1.807) is 6.07 Å². The molecule has 3 nitrogen and oxygen atoms in total. The van der Waals surface area contributed by atoms with E-state index in [1.807, 2.05) is 0 Å². The molecule has 0 aromatic heterocycles. The second kappa shape index (κ2) is 4.28. The lowest BCUT2D eigenvalue weighted by Crippen LogP contribution is -2.57. The average molecular weight is 273 g/mol. The number of amides is 1. The second-order valence-electron chi connectivity index (χ2n) is 3.45. The molecule has 1 saturated heterocycles. The van der Waals surface area contributed by atoms with Crippen molar-refractivity contribution in [3.8, 4) is 0 Å². The van der Waals surface area contributed by atoms with E-state index in [9.17, 15) is 9.18 Å². The van der Waals surface area contributed by atoms with E-state index < -0.39 is 5.82 Å². The number of hydrogen-bond acceptors (Lipinski definition) is 2. The summed E-state index contributed by atoms with van der Waals surface area (Å²) < 4.78 is 14.0. The molecule has 1 amide bonds. The van der Waals surface area contributed by atoms with Gasteiger partial charge in [-0.3, -0.25) is 4.79 Å². The first-order chi connectivity index (χ1) is 7.16. The summed E-state index contributed by atoms with van der Waals surface area (Å²) >= 11 is 3.20. The minimum Gasteiger partial charge on any atom is -0.347 e. The van der Waals surface area contributed by atoms with Gasteiger partial charge in [0, 0.05) is 17.6 Å². The van der Waals surface area contributed by atoms with Gasteiger partial charge in [0.1, 0.15) is 5.82 Å². The van der Waals surface area contributed by atoms with Gasteiger partial charge in [0.2, 0.25) is 0 Å². The van der Waals surface area contributed by atoms with Crippen LogP contribution >= 0.6 is 15.9 Å². The van der Waals surface area contributed by atoms with Crippen molar-refractivity contribution in [2.45, 2.75) is 6.04 Å². The highest BCUT2D eigenvalue weighted by Crippen LogP contribution is 2.15. The molecule has 1 aromatic rings. The minimum atomic E-state index is -0.497. The molecule has 2 N–H and O–H groups in total. The van der Waals surface area contributed by atoms with Crippen molar-refractivity contribution in [1.29, 1.82) is 0 Å². The first-order valence-corrected chi connectivity index (χ1v) is 5.43. The van der Waals surface area contributed by atoms with Gasteiger partial charge in [-0.05, 0) is 18.2 Å². The average Bonchev–Trinajstić information content (AvgIpc) is 2.15. The summed E-state index contributed by atoms with van der Waals surface area (Å²) in [6.45, 7) is 1.50. The predicted molar refractivity (Wildman–Crippen MR) is 58.2 cm³/mol. The molecule has 1 fully saturated rings. The fourth-order valence-corrected chi connectivity index (χ4v) is 1.69. The Morgan fingerprint density at radius 2 is 2.27 bits per heavy atom. The molecule has 0 aliphatic carbocycles. The van der Waals surface area contributed by atoms with E-state index >= 15 is 0 Å². The van der Waals surface area contributed by atoms with E-state index in [4.69, 9.17) is 0 Å². The molecule has 0 spiro atoms. The molecule has 1 aliphatic rings. The SMILES string of the molecule is O=C(NC1CNC1)c1cc(Br)ccc1F. The van der Waals surface area contributed by atoms with Crippen LogP contribution in [0.15, 0.2) is 22.7 Å². The van der Waals surface area contributed by atoms with Crippen LogP contribution in [0.3, 0.4) is 0 Å². The van der Waals surface area contributed by atoms with Crippen molar-refractivity contribution in [3.05, 3.63) is 34.1 Å². The molecule has 2 rings (SSSR count). The normalized spacial score (nSPS) is 15.9. The van der Waals surface area contributed by atoms with E-state index in [-0.39, 0.29) is 17.5 Å². The summed E-state index contributed by atoms with van der Waals surface area (Å²) in [5.74, 6) is -0.858. The third kappa shape index (κ3) is 2.35. The Kier molecular flexibility index (Phi) is 3.02. The maximum atomic E-state index is 13.3.